The molecule has 0 fully saturated rings. The van der Waals surface area contributed by atoms with Gasteiger partial charge in [0.15, 0.2) is 0 Å². The first-order chi connectivity index (χ1) is 10.6. The Hall–Kier alpha value is -2.38. The van der Waals surface area contributed by atoms with Crippen LogP contribution >= 0.6 is 0 Å². The first kappa shape index (κ1) is 18.7. The van der Waals surface area contributed by atoms with Crippen molar-refractivity contribution in [3.05, 3.63) is 33.6 Å². The largest absolute Gasteiger partial charge is 0.444 e. The van der Waals surface area contributed by atoms with Gasteiger partial charge in [-0.15, -0.1) is 0 Å². The van der Waals surface area contributed by atoms with Gasteiger partial charge >= 0.3 is 6.09 Å². The molecule has 7 nitrogen and oxygen atoms in total. The van der Waals surface area contributed by atoms with Crippen LogP contribution in [-0.2, 0) is 4.74 Å². The van der Waals surface area contributed by atoms with E-state index in [1.165, 1.54) is 13.0 Å². The summed E-state index contributed by atoms with van der Waals surface area (Å²) in [6.45, 7) is 7.59. The summed E-state index contributed by atoms with van der Waals surface area (Å²) in [4.78, 5) is 21.7. The highest BCUT2D eigenvalue weighted by atomic mass is 19.1. The number of aryl methyl sites for hydroxylation is 1. The summed E-state index contributed by atoms with van der Waals surface area (Å²) in [6, 6.07) is 2.30. The van der Waals surface area contributed by atoms with Gasteiger partial charge in [0, 0.05) is 13.1 Å². The van der Waals surface area contributed by atoms with Crippen molar-refractivity contribution in [2.75, 3.05) is 18.4 Å². The fraction of sp³-hybridized carbons (Fsp3) is 0.533. The van der Waals surface area contributed by atoms with Crippen molar-refractivity contribution in [2.24, 2.45) is 0 Å². The lowest BCUT2D eigenvalue weighted by Crippen LogP contribution is -2.33. The van der Waals surface area contributed by atoms with Gasteiger partial charge in [0.2, 0.25) is 0 Å². The lowest BCUT2D eigenvalue weighted by Gasteiger charge is -2.19. The molecule has 2 N–H and O–H groups in total. The molecule has 23 heavy (non-hydrogen) atoms. The summed E-state index contributed by atoms with van der Waals surface area (Å²) in [6.07, 6.45) is 0.0217. The Kier molecular flexibility index (Phi) is 6.29. The molecule has 8 heteroatoms. The lowest BCUT2D eigenvalue weighted by atomic mass is 10.1. The second-order valence-corrected chi connectivity index (χ2v) is 6.08. The summed E-state index contributed by atoms with van der Waals surface area (Å²) in [5.41, 5.74) is -0.293. The third kappa shape index (κ3) is 6.50. The van der Waals surface area contributed by atoms with E-state index < -0.39 is 22.4 Å². The average molecular weight is 327 g/mol. The molecule has 0 heterocycles. The molecule has 0 aliphatic carbocycles. The number of nitro benzene ring substituents is 1. The molecular formula is C15H22FN3O4. The van der Waals surface area contributed by atoms with Gasteiger partial charge in [0.1, 0.15) is 17.1 Å². The quantitative estimate of drug-likeness (QED) is 0.475. The maximum atomic E-state index is 13.4. The standard InChI is InChI=1S/C15H22FN3O4/c1-10-8-12(13(19(21)22)9-11(10)16)17-6-5-7-18-14(20)23-15(2,3)4/h8-9,17H,5-7H2,1-4H3,(H,18,20). The zero-order valence-corrected chi connectivity index (χ0v) is 13.7. The minimum atomic E-state index is -0.635. The lowest BCUT2D eigenvalue weighted by molar-refractivity contribution is -0.384. The molecule has 128 valence electrons. The van der Waals surface area contributed by atoms with Gasteiger partial charge in [0.25, 0.3) is 5.69 Å². The van der Waals surface area contributed by atoms with Gasteiger partial charge in [-0.3, -0.25) is 10.1 Å². The number of hydrogen-bond donors (Lipinski definition) is 2. The Morgan fingerprint density at radius 3 is 2.57 bits per heavy atom. The number of alkyl carbamates (subject to hydrolysis) is 1. The van der Waals surface area contributed by atoms with Crippen LogP contribution in [0.3, 0.4) is 0 Å². The molecule has 0 radical (unpaired) electrons. The number of nitrogens with one attached hydrogen (secondary N) is 2. The third-order valence-electron chi connectivity index (χ3n) is 2.81. The van der Waals surface area contributed by atoms with Crippen LogP contribution in [0.5, 0.6) is 0 Å². The molecule has 0 saturated heterocycles. The van der Waals surface area contributed by atoms with Crippen molar-refractivity contribution < 1.29 is 18.8 Å². The highest BCUT2D eigenvalue weighted by Crippen LogP contribution is 2.27. The SMILES string of the molecule is Cc1cc(NCCCNC(=O)OC(C)(C)C)c([N+](=O)[O-])cc1F. The van der Waals surface area contributed by atoms with E-state index in [4.69, 9.17) is 4.74 Å². The van der Waals surface area contributed by atoms with Crippen molar-refractivity contribution in [3.63, 3.8) is 0 Å². The predicted molar refractivity (Wildman–Crippen MR) is 85.1 cm³/mol. The zero-order valence-electron chi connectivity index (χ0n) is 13.7. The Balaban J connectivity index is 2.46. The predicted octanol–water partition coefficient (Wildman–Crippen LogP) is 3.37. The molecule has 1 aromatic carbocycles. The topological polar surface area (TPSA) is 93.5 Å². The highest BCUT2D eigenvalue weighted by Gasteiger charge is 2.17. The molecule has 1 aromatic rings. The van der Waals surface area contributed by atoms with E-state index in [-0.39, 0.29) is 11.4 Å². The van der Waals surface area contributed by atoms with Crippen LogP contribution in [-0.4, -0.2) is 29.7 Å². The van der Waals surface area contributed by atoms with Gasteiger partial charge in [-0.2, -0.15) is 0 Å². The number of halogens is 1. The fourth-order valence-corrected chi connectivity index (χ4v) is 1.78. The van der Waals surface area contributed by atoms with Gasteiger partial charge in [-0.05, 0) is 45.7 Å². The Morgan fingerprint density at radius 2 is 2.00 bits per heavy atom. The van der Waals surface area contributed by atoms with Crippen molar-refractivity contribution in [3.8, 4) is 0 Å². The molecule has 0 spiro atoms. The average Bonchev–Trinajstić information content (AvgIpc) is 2.39. The van der Waals surface area contributed by atoms with E-state index in [2.05, 4.69) is 10.6 Å². The van der Waals surface area contributed by atoms with Gasteiger partial charge < -0.3 is 15.4 Å². The van der Waals surface area contributed by atoms with Gasteiger partial charge in [-0.25, -0.2) is 9.18 Å². The van der Waals surface area contributed by atoms with Crippen LogP contribution in [0.25, 0.3) is 0 Å². The second-order valence-electron chi connectivity index (χ2n) is 6.08. The molecule has 0 aliphatic rings. The molecule has 0 unspecified atom stereocenters. The monoisotopic (exact) mass is 327 g/mol. The smallest absolute Gasteiger partial charge is 0.407 e. The van der Waals surface area contributed by atoms with Crippen LogP contribution in [0.2, 0.25) is 0 Å². The molecule has 0 bridgehead atoms. The molecule has 0 atom stereocenters. The van der Waals surface area contributed by atoms with E-state index >= 15 is 0 Å². The number of carbonyl (C=O) groups excluding carboxylic acids is 1. The molecule has 1 amide bonds. The number of anilines is 1. The maximum Gasteiger partial charge on any atom is 0.407 e. The minimum Gasteiger partial charge on any atom is -0.444 e. The summed E-state index contributed by atoms with van der Waals surface area (Å²) in [5, 5.41) is 16.4. The van der Waals surface area contributed by atoms with Crippen LogP contribution in [0.1, 0.15) is 32.8 Å². The van der Waals surface area contributed by atoms with Crippen LogP contribution < -0.4 is 10.6 Å². The van der Waals surface area contributed by atoms with Crippen LogP contribution in [0.4, 0.5) is 20.6 Å². The number of amides is 1. The van der Waals surface area contributed by atoms with E-state index in [0.717, 1.165) is 6.07 Å². The number of benzene rings is 1. The molecule has 0 aromatic heterocycles. The highest BCUT2D eigenvalue weighted by molar-refractivity contribution is 5.67. The van der Waals surface area contributed by atoms with Crippen molar-refractivity contribution in [2.45, 2.75) is 39.7 Å². The van der Waals surface area contributed by atoms with Gasteiger partial charge in [-0.1, -0.05) is 0 Å². The van der Waals surface area contributed by atoms with Crippen LogP contribution in [0.15, 0.2) is 12.1 Å². The number of nitrogens with zero attached hydrogens (tertiary/aromatic N) is 1. The van der Waals surface area contributed by atoms with E-state index in [0.29, 0.717) is 25.1 Å². The Bertz CT molecular complexity index is 585. The summed E-state index contributed by atoms with van der Waals surface area (Å²) < 4.78 is 18.5. The molecule has 0 aliphatic heterocycles. The molecule has 0 saturated carbocycles. The molecular weight excluding hydrogens is 305 g/mol. The van der Waals surface area contributed by atoms with E-state index in [9.17, 15) is 19.3 Å². The van der Waals surface area contributed by atoms with Crippen molar-refractivity contribution in [1.82, 2.24) is 5.32 Å². The Morgan fingerprint density at radius 1 is 1.35 bits per heavy atom. The number of ether oxygens (including phenoxy) is 1. The summed E-state index contributed by atoms with van der Waals surface area (Å²) in [7, 11) is 0. The summed E-state index contributed by atoms with van der Waals surface area (Å²) >= 11 is 0. The number of rotatable bonds is 6. The van der Waals surface area contributed by atoms with Crippen molar-refractivity contribution in [1.29, 1.82) is 0 Å². The first-order valence-corrected chi connectivity index (χ1v) is 7.25. The zero-order chi connectivity index (χ0) is 17.6. The van der Waals surface area contributed by atoms with E-state index in [1.807, 2.05) is 0 Å². The number of carbonyl (C=O) groups is 1. The minimum absolute atomic E-state index is 0.256. The molecule has 1 rings (SSSR count). The maximum absolute atomic E-state index is 13.4. The second kappa shape index (κ2) is 7.75. The van der Waals surface area contributed by atoms with E-state index in [1.54, 1.807) is 20.8 Å². The Labute approximate surface area is 134 Å². The normalized spacial score (nSPS) is 11.0. The van der Waals surface area contributed by atoms with Crippen molar-refractivity contribution >= 4 is 17.5 Å². The summed E-state index contributed by atoms with van der Waals surface area (Å²) in [5.74, 6) is -0.617. The van der Waals surface area contributed by atoms with Crippen LogP contribution in [0, 0.1) is 22.9 Å². The first-order valence-electron chi connectivity index (χ1n) is 7.25. The number of hydrogen-bond acceptors (Lipinski definition) is 5. The fourth-order valence-electron chi connectivity index (χ4n) is 1.78. The number of nitro groups is 1. The van der Waals surface area contributed by atoms with Gasteiger partial charge in [0.05, 0.1) is 11.0 Å². The third-order valence-corrected chi connectivity index (χ3v) is 2.81.